The minimum Gasteiger partial charge on any atom is -0.368 e. The lowest BCUT2D eigenvalue weighted by molar-refractivity contribution is -0.119. The van der Waals surface area contributed by atoms with Crippen molar-refractivity contribution in [1.82, 2.24) is 0 Å². The molecule has 1 aliphatic rings. The summed E-state index contributed by atoms with van der Waals surface area (Å²) >= 11 is 0. The van der Waals surface area contributed by atoms with E-state index in [1.54, 1.807) is 0 Å². The summed E-state index contributed by atoms with van der Waals surface area (Å²) in [7, 11) is 0. The SMILES string of the molecule is NC(=O)C(N)C1C=CC=CC1. The molecule has 4 N–H and O–H groups in total. The summed E-state index contributed by atoms with van der Waals surface area (Å²) in [6.07, 6.45) is 8.52. The smallest absolute Gasteiger partial charge is 0.234 e. The molecular formula is C8H12N2O. The van der Waals surface area contributed by atoms with E-state index in [2.05, 4.69) is 0 Å². The topological polar surface area (TPSA) is 69.1 Å². The molecule has 11 heavy (non-hydrogen) atoms. The van der Waals surface area contributed by atoms with E-state index in [4.69, 9.17) is 11.5 Å². The highest BCUT2D eigenvalue weighted by molar-refractivity contribution is 5.80. The number of carbonyl (C=O) groups excluding carboxylic acids is 1. The van der Waals surface area contributed by atoms with Crippen LogP contribution in [-0.4, -0.2) is 11.9 Å². The van der Waals surface area contributed by atoms with E-state index in [1.807, 2.05) is 24.3 Å². The predicted octanol–water partition coefficient (Wildman–Crippen LogP) is -0.0687. The van der Waals surface area contributed by atoms with Crippen LogP contribution in [0.4, 0.5) is 0 Å². The summed E-state index contributed by atoms with van der Waals surface area (Å²) < 4.78 is 0. The molecule has 0 heterocycles. The number of hydrogen-bond acceptors (Lipinski definition) is 2. The third kappa shape index (κ3) is 1.91. The fourth-order valence-electron chi connectivity index (χ4n) is 1.08. The Hall–Kier alpha value is -1.09. The Kier molecular flexibility index (Phi) is 2.44. The molecule has 3 heteroatoms. The van der Waals surface area contributed by atoms with Crippen LogP contribution in [0.15, 0.2) is 24.3 Å². The van der Waals surface area contributed by atoms with Crippen LogP contribution in [-0.2, 0) is 4.79 Å². The van der Waals surface area contributed by atoms with Gasteiger partial charge in [-0.2, -0.15) is 0 Å². The first-order valence-corrected chi connectivity index (χ1v) is 3.60. The standard InChI is InChI=1S/C8H12N2O/c9-7(8(10)11)6-4-2-1-3-5-6/h1-4,6-7H,5,9H2,(H2,10,11). The fraction of sp³-hybridized carbons (Fsp3) is 0.375. The first kappa shape index (κ1) is 8.01. The van der Waals surface area contributed by atoms with Crippen molar-refractivity contribution in [2.75, 3.05) is 0 Å². The molecule has 0 saturated heterocycles. The second-order valence-electron chi connectivity index (χ2n) is 2.64. The van der Waals surface area contributed by atoms with Crippen molar-refractivity contribution in [2.45, 2.75) is 12.5 Å². The van der Waals surface area contributed by atoms with Gasteiger partial charge in [-0.1, -0.05) is 24.3 Å². The molecule has 0 spiro atoms. The largest absolute Gasteiger partial charge is 0.368 e. The Morgan fingerprint density at radius 2 is 2.27 bits per heavy atom. The minimum atomic E-state index is -0.545. The summed E-state index contributed by atoms with van der Waals surface area (Å²) in [6.45, 7) is 0. The van der Waals surface area contributed by atoms with Gasteiger partial charge in [-0.3, -0.25) is 4.79 Å². The van der Waals surface area contributed by atoms with Gasteiger partial charge in [-0.25, -0.2) is 0 Å². The van der Waals surface area contributed by atoms with Crippen LogP contribution in [0.5, 0.6) is 0 Å². The van der Waals surface area contributed by atoms with Gasteiger partial charge < -0.3 is 11.5 Å². The summed E-state index contributed by atoms with van der Waals surface area (Å²) in [5.74, 6) is -0.354. The number of amides is 1. The molecule has 0 bridgehead atoms. The molecule has 1 amide bonds. The highest BCUT2D eigenvalue weighted by Gasteiger charge is 2.19. The van der Waals surface area contributed by atoms with Crippen molar-refractivity contribution in [3.05, 3.63) is 24.3 Å². The molecule has 0 aromatic heterocycles. The van der Waals surface area contributed by atoms with Crippen molar-refractivity contribution in [1.29, 1.82) is 0 Å². The maximum Gasteiger partial charge on any atom is 0.234 e. The van der Waals surface area contributed by atoms with Gasteiger partial charge in [0.15, 0.2) is 0 Å². The molecule has 0 aromatic carbocycles. The Balaban J connectivity index is 2.55. The number of primary amides is 1. The number of carbonyl (C=O) groups is 1. The van der Waals surface area contributed by atoms with E-state index in [0.717, 1.165) is 6.42 Å². The number of hydrogen-bond donors (Lipinski definition) is 2. The quantitative estimate of drug-likeness (QED) is 0.581. The lowest BCUT2D eigenvalue weighted by Crippen LogP contribution is -2.42. The summed E-state index contributed by atoms with van der Waals surface area (Å²) in [5, 5.41) is 0. The molecule has 3 nitrogen and oxygen atoms in total. The molecule has 0 saturated carbocycles. The third-order valence-corrected chi connectivity index (χ3v) is 1.80. The van der Waals surface area contributed by atoms with Crippen molar-refractivity contribution < 1.29 is 4.79 Å². The van der Waals surface area contributed by atoms with E-state index in [0.29, 0.717) is 0 Å². The van der Waals surface area contributed by atoms with E-state index in [1.165, 1.54) is 0 Å². The third-order valence-electron chi connectivity index (χ3n) is 1.80. The van der Waals surface area contributed by atoms with Crippen molar-refractivity contribution in [3.8, 4) is 0 Å². The first-order valence-electron chi connectivity index (χ1n) is 3.60. The normalized spacial score (nSPS) is 25.0. The number of allylic oxidation sites excluding steroid dienone is 3. The van der Waals surface area contributed by atoms with Crippen LogP contribution >= 0.6 is 0 Å². The molecule has 1 rings (SSSR count). The van der Waals surface area contributed by atoms with E-state index in [-0.39, 0.29) is 5.92 Å². The van der Waals surface area contributed by atoms with Crippen LogP contribution < -0.4 is 11.5 Å². The Labute approximate surface area is 65.8 Å². The zero-order chi connectivity index (χ0) is 8.27. The molecule has 1 aliphatic carbocycles. The van der Waals surface area contributed by atoms with Crippen LogP contribution in [0.25, 0.3) is 0 Å². The van der Waals surface area contributed by atoms with Crippen LogP contribution in [0, 0.1) is 5.92 Å². The summed E-state index contributed by atoms with van der Waals surface area (Å²) in [5.41, 5.74) is 10.6. The molecule has 0 aromatic rings. The molecule has 60 valence electrons. The molecule has 2 atom stereocenters. The molecule has 2 unspecified atom stereocenters. The Morgan fingerprint density at radius 1 is 1.55 bits per heavy atom. The minimum absolute atomic E-state index is 0.0810. The molecule has 0 fully saturated rings. The number of nitrogens with two attached hydrogens (primary N) is 2. The summed E-state index contributed by atoms with van der Waals surface area (Å²) in [4.78, 5) is 10.6. The highest BCUT2D eigenvalue weighted by atomic mass is 16.1. The maximum absolute atomic E-state index is 10.6. The van der Waals surface area contributed by atoms with Crippen molar-refractivity contribution >= 4 is 5.91 Å². The van der Waals surface area contributed by atoms with Crippen molar-refractivity contribution in [3.63, 3.8) is 0 Å². The van der Waals surface area contributed by atoms with Gasteiger partial charge in [0, 0.05) is 5.92 Å². The fourth-order valence-corrected chi connectivity index (χ4v) is 1.08. The van der Waals surface area contributed by atoms with E-state index >= 15 is 0 Å². The maximum atomic E-state index is 10.6. The van der Waals surface area contributed by atoms with Gasteiger partial charge in [0.2, 0.25) is 5.91 Å². The highest BCUT2D eigenvalue weighted by Crippen LogP contribution is 2.13. The van der Waals surface area contributed by atoms with Gasteiger partial charge in [-0.05, 0) is 6.42 Å². The zero-order valence-corrected chi connectivity index (χ0v) is 6.23. The van der Waals surface area contributed by atoms with Crippen LogP contribution in [0.3, 0.4) is 0 Å². The molecule has 0 aliphatic heterocycles. The van der Waals surface area contributed by atoms with Crippen LogP contribution in [0.2, 0.25) is 0 Å². The van der Waals surface area contributed by atoms with Gasteiger partial charge in [0.25, 0.3) is 0 Å². The zero-order valence-electron chi connectivity index (χ0n) is 6.23. The van der Waals surface area contributed by atoms with Gasteiger partial charge in [-0.15, -0.1) is 0 Å². The predicted molar refractivity (Wildman–Crippen MR) is 43.6 cm³/mol. The monoisotopic (exact) mass is 152 g/mol. The van der Waals surface area contributed by atoms with Gasteiger partial charge >= 0.3 is 0 Å². The Morgan fingerprint density at radius 3 is 2.73 bits per heavy atom. The average molecular weight is 152 g/mol. The van der Waals surface area contributed by atoms with Gasteiger partial charge in [0.1, 0.15) is 0 Å². The van der Waals surface area contributed by atoms with Crippen LogP contribution in [0.1, 0.15) is 6.42 Å². The average Bonchev–Trinajstić information content (AvgIpc) is 2.05. The molecule has 0 radical (unpaired) electrons. The van der Waals surface area contributed by atoms with E-state index < -0.39 is 11.9 Å². The molecular weight excluding hydrogens is 140 g/mol. The lowest BCUT2D eigenvalue weighted by atomic mass is 9.93. The van der Waals surface area contributed by atoms with Crippen molar-refractivity contribution in [2.24, 2.45) is 17.4 Å². The van der Waals surface area contributed by atoms with Gasteiger partial charge in [0.05, 0.1) is 6.04 Å². The second kappa shape index (κ2) is 3.34. The number of rotatable bonds is 2. The lowest BCUT2D eigenvalue weighted by Gasteiger charge is -2.17. The summed E-state index contributed by atoms with van der Waals surface area (Å²) in [6, 6.07) is -0.545. The first-order chi connectivity index (χ1) is 5.22. The Bertz CT molecular complexity index is 208. The second-order valence-corrected chi connectivity index (χ2v) is 2.64. The van der Waals surface area contributed by atoms with E-state index in [9.17, 15) is 4.79 Å².